The zero-order valence-electron chi connectivity index (χ0n) is 12.7. The Balaban J connectivity index is 2.69. The molecule has 0 spiro atoms. The van der Waals surface area contributed by atoms with E-state index in [0.29, 0.717) is 23.4 Å². The first kappa shape index (κ1) is 17.4. The van der Waals surface area contributed by atoms with Crippen LogP contribution in [0.3, 0.4) is 0 Å². The maximum atomic E-state index is 13.6. The van der Waals surface area contributed by atoms with Gasteiger partial charge in [-0.3, -0.25) is 0 Å². The van der Waals surface area contributed by atoms with E-state index >= 15 is 0 Å². The molecule has 1 aromatic carbocycles. The summed E-state index contributed by atoms with van der Waals surface area (Å²) in [6.45, 7) is 8.73. The van der Waals surface area contributed by atoms with Gasteiger partial charge in [0, 0.05) is 17.8 Å². The van der Waals surface area contributed by atoms with Gasteiger partial charge >= 0.3 is 0 Å². The van der Waals surface area contributed by atoms with Gasteiger partial charge < -0.3 is 4.90 Å². The van der Waals surface area contributed by atoms with Gasteiger partial charge in [-0.1, -0.05) is 56.0 Å². The summed E-state index contributed by atoms with van der Waals surface area (Å²) in [5, 5.41) is 0. The molecule has 1 rings (SSSR count). The molecule has 112 valence electrons. The number of benzene rings is 1. The van der Waals surface area contributed by atoms with E-state index in [2.05, 4.69) is 32.6 Å². The highest BCUT2D eigenvalue weighted by Crippen LogP contribution is 2.23. The molecule has 0 aliphatic rings. The first-order valence-electron chi connectivity index (χ1n) is 7.19. The fourth-order valence-electron chi connectivity index (χ4n) is 2.02. The van der Waals surface area contributed by atoms with Gasteiger partial charge in [0.1, 0.15) is 10.1 Å². The van der Waals surface area contributed by atoms with Gasteiger partial charge in [-0.2, -0.15) is 0 Å². The first-order chi connectivity index (χ1) is 9.51. The number of thioether (sulfide) groups is 1. The molecule has 0 N–H and O–H groups in total. The van der Waals surface area contributed by atoms with E-state index < -0.39 is 0 Å². The SMILES string of the molecule is CCC(C)N(C(=S)SCc1ccccc1F)C(C)CC. The Bertz CT molecular complexity index is 426. The van der Waals surface area contributed by atoms with E-state index in [1.165, 1.54) is 6.07 Å². The number of hydrogen-bond acceptors (Lipinski definition) is 2. The zero-order valence-corrected chi connectivity index (χ0v) is 14.4. The van der Waals surface area contributed by atoms with E-state index in [9.17, 15) is 4.39 Å². The predicted octanol–water partition coefficient (Wildman–Crippen LogP) is 5.24. The van der Waals surface area contributed by atoms with Crippen molar-refractivity contribution in [2.45, 2.75) is 58.4 Å². The highest BCUT2D eigenvalue weighted by Gasteiger charge is 2.21. The second-order valence-electron chi connectivity index (χ2n) is 5.07. The second kappa shape index (κ2) is 8.63. The van der Waals surface area contributed by atoms with Crippen LogP contribution < -0.4 is 0 Å². The average Bonchev–Trinajstić information content (AvgIpc) is 2.46. The van der Waals surface area contributed by atoms with Gasteiger partial charge in [0.2, 0.25) is 0 Å². The summed E-state index contributed by atoms with van der Waals surface area (Å²) in [7, 11) is 0. The van der Waals surface area contributed by atoms with Crippen LogP contribution in [-0.4, -0.2) is 21.3 Å². The fourth-order valence-corrected chi connectivity index (χ4v) is 3.58. The van der Waals surface area contributed by atoms with Crippen molar-refractivity contribution in [2.24, 2.45) is 0 Å². The smallest absolute Gasteiger partial charge is 0.137 e. The summed E-state index contributed by atoms with van der Waals surface area (Å²) in [6, 6.07) is 7.74. The first-order valence-corrected chi connectivity index (χ1v) is 8.59. The van der Waals surface area contributed by atoms with Crippen molar-refractivity contribution >= 4 is 28.3 Å². The van der Waals surface area contributed by atoms with Crippen molar-refractivity contribution in [2.75, 3.05) is 0 Å². The van der Waals surface area contributed by atoms with Gasteiger partial charge in [-0.05, 0) is 38.3 Å². The van der Waals surface area contributed by atoms with E-state index in [-0.39, 0.29) is 5.82 Å². The number of halogens is 1. The topological polar surface area (TPSA) is 3.24 Å². The molecular formula is C16H24FNS2. The molecule has 4 heteroatoms. The number of hydrogen-bond donors (Lipinski definition) is 0. The largest absolute Gasteiger partial charge is 0.352 e. The molecule has 0 aliphatic heterocycles. The van der Waals surface area contributed by atoms with Gasteiger partial charge in [0.15, 0.2) is 0 Å². The minimum atomic E-state index is -0.151. The van der Waals surface area contributed by atoms with Gasteiger partial charge in [0.25, 0.3) is 0 Å². The molecule has 20 heavy (non-hydrogen) atoms. The Kier molecular flexibility index (Phi) is 7.52. The lowest BCUT2D eigenvalue weighted by atomic mass is 10.1. The van der Waals surface area contributed by atoms with Crippen molar-refractivity contribution in [3.05, 3.63) is 35.6 Å². The maximum absolute atomic E-state index is 13.6. The molecule has 0 radical (unpaired) electrons. The summed E-state index contributed by atoms with van der Waals surface area (Å²) in [6.07, 6.45) is 2.12. The number of rotatable bonds is 6. The third-order valence-electron chi connectivity index (χ3n) is 3.65. The molecule has 2 atom stereocenters. The molecular weight excluding hydrogens is 289 g/mol. The van der Waals surface area contributed by atoms with Crippen LogP contribution in [0.15, 0.2) is 24.3 Å². The predicted molar refractivity (Wildman–Crippen MR) is 91.6 cm³/mol. The third-order valence-corrected chi connectivity index (χ3v) is 5.13. The molecule has 1 aromatic rings. The minimum absolute atomic E-state index is 0.151. The fraction of sp³-hybridized carbons (Fsp3) is 0.562. The Morgan fingerprint density at radius 2 is 1.75 bits per heavy atom. The molecule has 0 amide bonds. The minimum Gasteiger partial charge on any atom is -0.352 e. The molecule has 2 unspecified atom stereocenters. The summed E-state index contributed by atoms with van der Waals surface area (Å²) in [4.78, 5) is 2.29. The molecule has 0 saturated carbocycles. The van der Waals surface area contributed by atoms with Crippen molar-refractivity contribution in [1.29, 1.82) is 0 Å². The van der Waals surface area contributed by atoms with Crippen LogP contribution in [0.1, 0.15) is 46.1 Å². The van der Waals surface area contributed by atoms with Crippen LogP contribution in [0.5, 0.6) is 0 Å². The Morgan fingerprint density at radius 3 is 2.25 bits per heavy atom. The number of thiocarbonyl (C=S) groups is 1. The van der Waals surface area contributed by atoms with Crippen LogP contribution in [0.25, 0.3) is 0 Å². The third kappa shape index (κ3) is 4.74. The van der Waals surface area contributed by atoms with Crippen molar-refractivity contribution in [1.82, 2.24) is 4.90 Å². The van der Waals surface area contributed by atoms with Gasteiger partial charge in [0.05, 0.1) is 0 Å². The normalized spacial score (nSPS) is 13.8. The zero-order chi connectivity index (χ0) is 15.1. The average molecular weight is 314 g/mol. The van der Waals surface area contributed by atoms with Crippen molar-refractivity contribution in [3.8, 4) is 0 Å². The highest BCUT2D eigenvalue weighted by atomic mass is 32.2. The molecule has 0 aliphatic carbocycles. The van der Waals surface area contributed by atoms with E-state index in [1.807, 2.05) is 12.1 Å². The van der Waals surface area contributed by atoms with Crippen LogP contribution >= 0.6 is 24.0 Å². The lowest BCUT2D eigenvalue weighted by Crippen LogP contribution is -2.42. The molecule has 0 heterocycles. The van der Waals surface area contributed by atoms with E-state index in [1.54, 1.807) is 17.8 Å². The molecule has 1 nitrogen and oxygen atoms in total. The standard InChI is InChI=1S/C16H24FNS2/c1-5-12(3)18(13(4)6-2)16(19)20-11-14-9-7-8-10-15(14)17/h7-10,12-13H,5-6,11H2,1-4H3. The van der Waals surface area contributed by atoms with Crippen molar-refractivity contribution in [3.63, 3.8) is 0 Å². The molecule has 0 fully saturated rings. The quantitative estimate of drug-likeness (QED) is 0.661. The van der Waals surface area contributed by atoms with Crippen LogP contribution in [0.4, 0.5) is 4.39 Å². The molecule has 0 aromatic heterocycles. The van der Waals surface area contributed by atoms with Gasteiger partial charge in [-0.25, -0.2) is 4.39 Å². The van der Waals surface area contributed by atoms with Crippen LogP contribution in [-0.2, 0) is 5.75 Å². The van der Waals surface area contributed by atoms with Crippen LogP contribution in [0.2, 0.25) is 0 Å². The van der Waals surface area contributed by atoms with Crippen LogP contribution in [0, 0.1) is 5.82 Å². The maximum Gasteiger partial charge on any atom is 0.137 e. The summed E-state index contributed by atoms with van der Waals surface area (Å²) in [5.74, 6) is 0.441. The summed E-state index contributed by atoms with van der Waals surface area (Å²) in [5.41, 5.74) is 0.716. The highest BCUT2D eigenvalue weighted by molar-refractivity contribution is 8.22. The van der Waals surface area contributed by atoms with E-state index in [0.717, 1.165) is 17.2 Å². The van der Waals surface area contributed by atoms with E-state index in [4.69, 9.17) is 12.2 Å². The summed E-state index contributed by atoms with van der Waals surface area (Å²) < 4.78 is 14.5. The monoisotopic (exact) mass is 313 g/mol. The lowest BCUT2D eigenvalue weighted by Gasteiger charge is -2.35. The Morgan fingerprint density at radius 1 is 1.20 bits per heavy atom. The number of nitrogens with zero attached hydrogens (tertiary/aromatic N) is 1. The lowest BCUT2D eigenvalue weighted by molar-refractivity contribution is 0.260. The molecule has 0 saturated heterocycles. The van der Waals surface area contributed by atoms with Gasteiger partial charge in [-0.15, -0.1) is 0 Å². The second-order valence-corrected chi connectivity index (χ2v) is 6.68. The van der Waals surface area contributed by atoms with Crippen molar-refractivity contribution < 1.29 is 4.39 Å². The Labute approximate surface area is 131 Å². The Hall–Kier alpha value is -0.610. The summed E-state index contributed by atoms with van der Waals surface area (Å²) >= 11 is 7.13. The molecule has 0 bridgehead atoms.